The van der Waals surface area contributed by atoms with Gasteiger partial charge in [-0.1, -0.05) is 78.1 Å². The second-order valence-electron chi connectivity index (χ2n) is 14.3. The van der Waals surface area contributed by atoms with Gasteiger partial charge in [-0.05, 0) is 99.5 Å². The second-order valence-corrected chi connectivity index (χ2v) is 14.3. The van der Waals surface area contributed by atoms with E-state index in [0.717, 1.165) is 27.8 Å². The van der Waals surface area contributed by atoms with Crippen LogP contribution >= 0.6 is 0 Å². The van der Waals surface area contributed by atoms with Crippen molar-refractivity contribution in [2.75, 3.05) is 19.8 Å². The third-order valence-electron chi connectivity index (χ3n) is 11.1. The molecule has 49 heavy (non-hydrogen) atoms. The Morgan fingerprint density at radius 1 is 1.20 bits per heavy atom. The highest BCUT2D eigenvalue weighted by Gasteiger charge is 2.64. The number of ketones is 1. The molecule has 8 N–H and O–H groups in total. The van der Waals surface area contributed by atoms with Crippen molar-refractivity contribution >= 4 is 5.78 Å². The molecule has 0 bridgehead atoms. The van der Waals surface area contributed by atoms with Crippen LogP contribution in [0.4, 0.5) is 0 Å². The largest absolute Gasteiger partial charge is 0.396 e. The SMILES string of the molecule is C=C1/C=C/C=C(\[C@H]2CC[C@@]3([C@H](CCCO)/C(=C(\C)C(=O)Cc4cccc(C(N)N)c4)CC[C@@]3(C)O)[C@@H]2O)COCC#CC/C(C)=C/C[C@@H]1O. The smallest absolute Gasteiger partial charge is 0.162 e. The number of carbonyl (C=O) groups is 1. The molecule has 0 radical (unpaired) electrons. The topological polar surface area (TPSA) is 159 Å². The van der Waals surface area contributed by atoms with E-state index < -0.39 is 29.4 Å². The molecule has 1 aromatic rings. The van der Waals surface area contributed by atoms with Gasteiger partial charge in [0.25, 0.3) is 0 Å². The molecule has 1 spiro atoms. The van der Waals surface area contributed by atoms with Gasteiger partial charge in [-0.2, -0.15) is 0 Å². The first-order valence-corrected chi connectivity index (χ1v) is 17.6. The first kappa shape index (κ1) is 38.7. The molecular weight excluding hydrogens is 616 g/mol. The Bertz CT molecular complexity index is 1540. The molecule has 2 fully saturated rings. The van der Waals surface area contributed by atoms with E-state index in [9.17, 15) is 25.2 Å². The van der Waals surface area contributed by atoms with Crippen molar-refractivity contribution in [2.24, 2.45) is 28.7 Å². The third kappa shape index (κ3) is 8.97. The maximum absolute atomic E-state index is 13.8. The summed E-state index contributed by atoms with van der Waals surface area (Å²) in [6.45, 7) is 10.2. The molecule has 0 unspecified atom stereocenters. The molecule has 2 aliphatic carbocycles. The van der Waals surface area contributed by atoms with Crippen LogP contribution < -0.4 is 11.5 Å². The highest BCUT2D eigenvalue weighted by Crippen LogP contribution is 2.63. The maximum atomic E-state index is 13.8. The van der Waals surface area contributed by atoms with Crippen LogP contribution in [0.15, 0.2) is 83.0 Å². The summed E-state index contributed by atoms with van der Waals surface area (Å²) in [5.74, 6) is 5.53. The summed E-state index contributed by atoms with van der Waals surface area (Å²) in [6, 6.07) is 7.44. The predicted octanol–water partition coefficient (Wildman–Crippen LogP) is 4.88. The zero-order chi connectivity index (χ0) is 35.8. The van der Waals surface area contributed by atoms with Crippen molar-refractivity contribution < 1.29 is 30.0 Å². The molecule has 8 heteroatoms. The van der Waals surface area contributed by atoms with E-state index in [-0.39, 0.29) is 43.9 Å². The number of aliphatic hydroxyl groups excluding tert-OH is 3. The van der Waals surface area contributed by atoms with Crippen molar-refractivity contribution in [1.29, 1.82) is 0 Å². The number of hydrogen-bond acceptors (Lipinski definition) is 8. The van der Waals surface area contributed by atoms with Gasteiger partial charge in [0.05, 0.1) is 30.6 Å². The highest BCUT2D eigenvalue weighted by atomic mass is 16.5. The van der Waals surface area contributed by atoms with Gasteiger partial charge in [0.1, 0.15) is 6.61 Å². The minimum absolute atomic E-state index is 0.0236. The Labute approximate surface area is 292 Å². The number of hydrogen-bond donors (Lipinski definition) is 6. The zero-order valence-corrected chi connectivity index (χ0v) is 29.5. The van der Waals surface area contributed by atoms with Crippen molar-refractivity contribution in [3.8, 4) is 11.8 Å². The Kier molecular flexibility index (Phi) is 13.6. The predicted molar refractivity (Wildman–Crippen MR) is 194 cm³/mol. The maximum Gasteiger partial charge on any atom is 0.162 e. The molecule has 3 aliphatic rings. The van der Waals surface area contributed by atoms with E-state index in [2.05, 4.69) is 18.4 Å². The van der Waals surface area contributed by atoms with E-state index in [0.29, 0.717) is 62.5 Å². The lowest BCUT2D eigenvalue weighted by Crippen LogP contribution is -2.59. The summed E-state index contributed by atoms with van der Waals surface area (Å²) >= 11 is 0. The molecule has 6 atom stereocenters. The van der Waals surface area contributed by atoms with Crippen LogP contribution in [0.2, 0.25) is 0 Å². The van der Waals surface area contributed by atoms with Gasteiger partial charge >= 0.3 is 0 Å². The molecular formula is C41H56N2O6. The monoisotopic (exact) mass is 672 g/mol. The average Bonchev–Trinajstić information content (AvgIpc) is 3.41. The van der Waals surface area contributed by atoms with Crippen molar-refractivity contribution in [3.63, 3.8) is 0 Å². The minimum atomic E-state index is -1.22. The fraction of sp³-hybridized carbons (Fsp3) is 0.537. The van der Waals surface area contributed by atoms with Crippen LogP contribution in [-0.2, 0) is 16.0 Å². The third-order valence-corrected chi connectivity index (χ3v) is 11.1. The van der Waals surface area contributed by atoms with E-state index in [4.69, 9.17) is 16.2 Å². The van der Waals surface area contributed by atoms with E-state index in [1.165, 1.54) is 0 Å². The summed E-state index contributed by atoms with van der Waals surface area (Å²) in [5, 5.41) is 45.2. The molecule has 8 nitrogen and oxygen atoms in total. The summed E-state index contributed by atoms with van der Waals surface area (Å²) < 4.78 is 6.01. The number of carbonyl (C=O) groups excluding carboxylic acids is 1. The zero-order valence-electron chi connectivity index (χ0n) is 29.5. The molecule has 0 aromatic heterocycles. The van der Waals surface area contributed by atoms with Gasteiger partial charge < -0.3 is 36.6 Å². The Balaban J connectivity index is 1.69. The van der Waals surface area contributed by atoms with E-state index in [1.54, 1.807) is 6.08 Å². The number of ether oxygens (including phenoxy) is 1. The van der Waals surface area contributed by atoms with Crippen LogP contribution in [0.1, 0.15) is 89.4 Å². The van der Waals surface area contributed by atoms with E-state index in [1.807, 2.05) is 63.3 Å². The second kappa shape index (κ2) is 17.2. The van der Waals surface area contributed by atoms with Crippen LogP contribution in [0.3, 0.4) is 0 Å². The van der Waals surface area contributed by atoms with Crippen LogP contribution in [0.5, 0.6) is 0 Å². The standard InChI is InChI=1S/C41H56N2O6/c1-27-10-5-6-23-49-26-32(14-7-11-28(2)36(45)17-16-27)34-19-21-41(38(34)47)35(15-9-22-44)33(18-20-40(41,4)48)29(3)37(46)25-30-12-8-13-31(24-30)39(42)43/h7-8,11-14,16,24,34-36,38-39,44-45,47-48H,2,9-10,15,17-23,25-26,42-43H2,1,3-4H3/b11-7+,27-16+,32-14-,33-29+/t34-,35-,36+,38-,40-,41-/m1/s1. The number of aliphatic hydroxyl groups is 4. The molecule has 0 saturated heterocycles. The molecule has 2 saturated carbocycles. The van der Waals surface area contributed by atoms with Crippen molar-refractivity contribution in [1.82, 2.24) is 0 Å². The van der Waals surface area contributed by atoms with Gasteiger partial charge in [-0.3, -0.25) is 4.79 Å². The first-order chi connectivity index (χ1) is 23.3. The lowest BCUT2D eigenvalue weighted by molar-refractivity contribution is -0.167. The molecule has 4 rings (SSSR count). The Morgan fingerprint density at radius 3 is 2.71 bits per heavy atom. The van der Waals surface area contributed by atoms with Crippen molar-refractivity contribution in [3.05, 3.63) is 94.1 Å². The number of nitrogens with two attached hydrogens (primary N) is 2. The Hall–Kier alpha value is -3.13. The van der Waals surface area contributed by atoms with Crippen LogP contribution in [0, 0.1) is 29.1 Å². The Morgan fingerprint density at radius 2 is 1.98 bits per heavy atom. The minimum Gasteiger partial charge on any atom is -0.396 e. The molecule has 1 aromatic carbocycles. The highest BCUT2D eigenvalue weighted by molar-refractivity contribution is 5.97. The quantitative estimate of drug-likeness (QED) is 0.0987. The summed E-state index contributed by atoms with van der Waals surface area (Å²) in [5.41, 5.74) is 15.3. The molecule has 266 valence electrons. The number of benzene rings is 1. The summed E-state index contributed by atoms with van der Waals surface area (Å²) in [6.07, 6.45) is 9.54. The molecule has 1 heterocycles. The van der Waals surface area contributed by atoms with Crippen LogP contribution in [0.25, 0.3) is 0 Å². The van der Waals surface area contributed by atoms with Crippen LogP contribution in [-0.4, -0.2) is 63.8 Å². The fourth-order valence-corrected chi connectivity index (χ4v) is 8.16. The average molecular weight is 673 g/mol. The van der Waals surface area contributed by atoms with Gasteiger partial charge in [0.15, 0.2) is 5.78 Å². The van der Waals surface area contributed by atoms with Gasteiger partial charge in [0, 0.05) is 30.8 Å². The van der Waals surface area contributed by atoms with Crippen molar-refractivity contribution in [2.45, 2.75) is 103 Å². The first-order valence-electron chi connectivity index (χ1n) is 17.6. The molecule has 1 aliphatic heterocycles. The normalized spacial score (nSPS) is 33.8. The van der Waals surface area contributed by atoms with Gasteiger partial charge in [-0.25, -0.2) is 0 Å². The van der Waals surface area contributed by atoms with E-state index >= 15 is 0 Å². The summed E-state index contributed by atoms with van der Waals surface area (Å²) in [4.78, 5) is 13.8. The van der Waals surface area contributed by atoms with Gasteiger partial charge in [0.2, 0.25) is 0 Å². The number of Topliss-reactive ketones (excluding diaryl/α,β-unsaturated/α-hetero) is 1. The molecule has 0 amide bonds. The van der Waals surface area contributed by atoms with Gasteiger partial charge in [-0.15, -0.1) is 0 Å². The number of rotatable bonds is 8. The lowest BCUT2D eigenvalue weighted by atomic mass is 9.52. The lowest BCUT2D eigenvalue weighted by Gasteiger charge is -2.55. The fourth-order valence-electron chi connectivity index (χ4n) is 8.16. The number of allylic oxidation sites excluding steroid dienone is 5. The summed E-state index contributed by atoms with van der Waals surface area (Å²) in [7, 11) is 0.